The summed E-state index contributed by atoms with van der Waals surface area (Å²) in [5.74, 6) is -0.284. The number of nitro benzene ring substituents is 1. The molecule has 0 aliphatic heterocycles. The molecule has 1 amide bonds. The van der Waals surface area contributed by atoms with Gasteiger partial charge in [-0.05, 0) is 25.3 Å². The minimum Gasteiger partial charge on any atom is -0.345 e. The van der Waals surface area contributed by atoms with Gasteiger partial charge in [-0.25, -0.2) is 0 Å². The fourth-order valence-electron chi connectivity index (χ4n) is 2.92. The predicted octanol–water partition coefficient (Wildman–Crippen LogP) is 2.58. The van der Waals surface area contributed by atoms with Crippen LogP contribution < -0.4 is 11.1 Å². The van der Waals surface area contributed by atoms with Gasteiger partial charge in [0.15, 0.2) is 0 Å². The molecule has 0 aromatic heterocycles. The first-order valence-corrected chi connectivity index (χ1v) is 7.31. The maximum absolute atomic E-state index is 12.3. The third kappa shape index (κ3) is 3.75. The summed E-state index contributed by atoms with van der Waals surface area (Å²) >= 11 is 0. The van der Waals surface area contributed by atoms with Crippen molar-refractivity contribution >= 4 is 24.0 Å². The van der Waals surface area contributed by atoms with Crippen molar-refractivity contribution in [1.82, 2.24) is 5.32 Å². The zero-order valence-electron chi connectivity index (χ0n) is 12.6. The van der Waals surface area contributed by atoms with E-state index < -0.39 is 4.92 Å². The fraction of sp³-hybridized carbons (Fsp3) is 0.533. The maximum atomic E-state index is 12.3. The largest absolute Gasteiger partial charge is 0.345 e. The number of rotatable bonds is 5. The molecule has 0 atom stereocenters. The molecule has 1 saturated carbocycles. The molecule has 0 radical (unpaired) electrons. The van der Waals surface area contributed by atoms with Gasteiger partial charge in [0.1, 0.15) is 0 Å². The molecule has 1 fully saturated rings. The van der Waals surface area contributed by atoms with Crippen LogP contribution >= 0.6 is 12.4 Å². The van der Waals surface area contributed by atoms with E-state index in [0.717, 1.165) is 25.7 Å². The van der Waals surface area contributed by atoms with Crippen LogP contribution in [0.4, 0.5) is 5.69 Å². The molecular formula is C15H22ClN3O3. The summed E-state index contributed by atoms with van der Waals surface area (Å²) in [5.41, 5.74) is 6.39. The Kier molecular flexibility index (Phi) is 6.32. The molecule has 0 bridgehead atoms. The number of hydrogen-bond acceptors (Lipinski definition) is 4. The van der Waals surface area contributed by atoms with Crippen LogP contribution in [0.2, 0.25) is 0 Å². The second-order valence-electron chi connectivity index (χ2n) is 5.60. The van der Waals surface area contributed by atoms with Crippen molar-refractivity contribution < 1.29 is 9.72 Å². The minimum absolute atomic E-state index is 0. The summed E-state index contributed by atoms with van der Waals surface area (Å²) in [7, 11) is 0. The number of halogens is 1. The van der Waals surface area contributed by atoms with Crippen LogP contribution in [-0.4, -0.2) is 22.9 Å². The summed E-state index contributed by atoms with van der Waals surface area (Å²) in [6, 6.07) is 4.64. The van der Waals surface area contributed by atoms with E-state index in [4.69, 9.17) is 5.73 Å². The number of carbonyl (C=O) groups excluding carboxylic acids is 1. The average molecular weight is 328 g/mol. The van der Waals surface area contributed by atoms with Crippen LogP contribution in [0.1, 0.15) is 48.5 Å². The molecule has 122 valence electrons. The summed E-state index contributed by atoms with van der Waals surface area (Å²) in [6.07, 6.45) is 4.39. The first kappa shape index (κ1) is 18.4. The number of aryl methyl sites for hydroxylation is 1. The monoisotopic (exact) mass is 327 g/mol. The van der Waals surface area contributed by atoms with Crippen molar-refractivity contribution in [2.24, 2.45) is 5.73 Å². The van der Waals surface area contributed by atoms with Gasteiger partial charge in [-0.3, -0.25) is 14.9 Å². The number of amides is 1. The van der Waals surface area contributed by atoms with E-state index in [0.29, 0.717) is 24.1 Å². The normalized spacial score (nSPS) is 15.9. The third-order valence-corrected chi connectivity index (χ3v) is 4.26. The number of nitro groups is 1. The zero-order chi connectivity index (χ0) is 15.5. The molecule has 1 aliphatic carbocycles. The smallest absolute Gasteiger partial charge is 0.273 e. The van der Waals surface area contributed by atoms with Gasteiger partial charge in [0.2, 0.25) is 0 Å². The van der Waals surface area contributed by atoms with Crippen molar-refractivity contribution in [1.29, 1.82) is 0 Å². The number of nitrogens with two attached hydrogens (primary N) is 1. The molecule has 1 aliphatic rings. The Morgan fingerprint density at radius 1 is 1.41 bits per heavy atom. The Labute approximate surface area is 136 Å². The van der Waals surface area contributed by atoms with Crippen LogP contribution in [0.15, 0.2) is 18.2 Å². The molecule has 3 N–H and O–H groups in total. The zero-order valence-corrected chi connectivity index (χ0v) is 13.4. The van der Waals surface area contributed by atoms with Crippen LogP contribution in [0.5, 0.6) is 0 Å². The van der Waals surface area contributed by atoms with Gasteiger partial charge in [-0.15, -0.1) is 12.4 Å². The Hall–Kier alpha value is -1.66. The quantitative estimate of drug-likeness (QED) is 0.641. The highest BCUT2D eigenvalue weighted by Crippen LogP contribution is 2.29. The van der Waals surface area contributed by atoms with Crippen LogP contribution in [0.3, 0.4) is 0 Å². The van der Waals surface area contributed by atoms with Gasteiger partial charge in [0.25, 0.3) is 11.6 Å². The minimum atomic E-state index is -0.441. The molecule has 22 heavy (non-hydrogen) atoms. The molecular weight excluding hydrogens is 306 g/mol. The summed E-state index contributed by atoms with van der Waals surface area (Å²) in [4.78, 5) is 23.0. The van der Waals surface area contributed by atoms with Crippen LogP contribution in [0.25, 0.3) is 0 Å². The van der Waals surface area contributed by atoms with Gasteiger partial charge in [-0.2, -0.15) is 0 Å². The molecule has 0 heterocycles. The van der Waals surface area contributed by atoms with Crippen molar-refractivity contribution in [2.45, 2.75) is 44.6 Å². The van der Waals surface area contributed by atoms with Gasteiger partial charge in [0, 0.05) is 23.7 Å². The lowest BCUT2D eigenvalue weighted by Gasteiger charge is -2.28. The summed E-state index contributed by atoms with van der Waals surface area (Å²) in [5, 5.41) is 14.0. The lowest BCUT2D eigenvalue weighted by atomic mass is 9.97. The van der Waals surface area contributed by atoms with Crippen molar-refractivity contribution in [3.05, 3.63) is 39.4 Å². The van der Waals surface area contributed by atoms with Gasteiger partial charge in [-0.1, -0.05) is 25.8 Å². The van der Waals surface area contributed by atoms with E-state index in [1.165, 1.54) is 6.07 Å². The average Bonchev–Trinajstić information content (AvgIpc) is 2.95. The number of nitrogens with one attached hydrogen (secondary N) is 1. The van der Waals surface area contributed by atoms with Gasteiger partial charge in [0.05, 0.1) is 10.5 Å². The highest BCUT2D eigenvalue weighted by atomic mass is 35.5. The first-order chi connectivity index (χ1) is 10.0. The van der Waals surface area contributed by atoms with Crippen LogP contribution in [0, 0.1) is 10.1 Å². The van der Waals surface area contributed by atoms with Gasteiger partial charge < -0.3 is 11.1 Å². The van der Waals surface area contributed by atoms with E-state index in [-0.39, 0.29) is 29.5 Å². The summed E-state index contributed by atoms with van der Waals surface area (Å²) in [6.45, 7) is 2.25. The molecule has 1 aromatic carbocycles. The Morgan fingerprint density at radius 2 is 2.05 bits per heavy atom. The Bertz CT molecular complexity index is 557. The van der Waals surface area contributed by atoms with E-state index >= 15 is 0 Å². The Morgan fingerprint density at radius 3 is 2.55 bits per heavy atom. The number of carbonyl (C=O) groups is 1. The lowest BCUT2D eigenvalue weighted by Crippen LogP contribution is -2.51. The maximum Gasteiger partial charge on any atom is 0.273 e. The molecule has 1 aromatic rings. The number of benzene rings is 1. The predicted molar refractivity (Wildman–Crippen MR) is 87.4 cm³/mol. The molecule has 0 unspecified atom stereocenters. The van der Waals surface area contributed by atoms with Gasteiger partial charge >= 0.3 is 0 Å². The number of hydrogen-bond donors (Lipinski definition) is 2. The van der Waals surface area contributed by atoms with Crippen molar-refractivity contribution in [2.75, 3.05) is 6.54 Å². The van der Waals surface area contributed by atoms with E-state index in [2.05, 4.69) is 5.32 Å². The molecule has 0 spiro atoms. The molecule has 2 rings (SSSR count). The highest BCUT2D eigenvalue weighted by Gasteiger charge is 2.34. The van der Waals surface area contributed by atoms with E-state index in [1.54, 1.807) is 12.1 Å². The van der Waals surface area contributed by atoms with E-state index in [1.807, 2.05) is 6.92 Å². The van der Waals surface area contributed by atoms with Crippen molar-refractivity contribution in [3.8, 4) is 0 Å². The standard InChI is InChI=1S/C15H21N3O3.ClH/c1-2-11-5-6-12(9-13(11)18(20)21)14(19)17-15(10-16)7-3-4-8-15;/h5-6,9H,2-4,7-8,10,16H2,1H3,(H,17,19);1H. The third-order valence-electron chi connectivity index (χ3n) is 4.26. The van der Waals surface area contributed by atoms with E-state index in [9.17, 15) is 14.9 Å². The molecule has 7 heteroatoms. The van der Waals surface area contributed by atoms with Crippen LogP contribution in [-0.2, 0) is 6.42 Å². The lowest BCUT2D eigenvalue weighted by molar-refractivity contribution is -0.385. The second kappa shape index (κ2) is 7.56. The summed E-state index contributed by atoms with van der Waals surface area (Å²) < 4.78 is 0. The second-order valence-corrected chi connectivity index (χ2v) is 5.60. The SMILES string of the molecule is CCc1ccc(C(=O)NC2(CN)CCCC2)cc1[N+](=O)[O-].Cl. The first-order valence-electron chi connectivity index (χ1n) is 7.31. The highest BCUT2D eigenvalue weighted by molar-refractivity contribution is 5.95. The molecule has 0 saturated heterocycles. The van der Waals surface area contributed by atoms with Crippen molar-refractivity contribution in [3.63, 3.8) is 0 Å². The fourth-order valence-corrected chi connectivity index (χ4v) is 2.92. The topological polar surface area (TPSA) is 98.3 Å². The number of nitrogens with zero attached hydrogens (tertiary/aromatic N) is 1. The Balaban J connectivity index is 0.00000242. The molecule has 6 nitrogen and oxygen atoms in total.